The summed E-state index contributed by atoms with van der Waals surface area (Å²) >= 11 is 0. The van der Waals surface area contributed by atoms with Crippen LogP contribution in [0.15, 0.2) is 18.2 Å². The Morgan fingerprint density at radius 2 is 2.11 bits per heavy atom. The van der Waals surface area contributed by atoms with E-state index in [4.69, 9.17) is 10.5 Å². The SMILES string of the molecule is COc1cc(N)cc(NC2CCCC(C)(C)C2)c1. The molecule has 0 radical (unpaired) electrons. The molecule has 0 aliphatic heterocycles. The normalized spacial score (nSPS) is 22.5. The summed E-state index contributed by atoms with van der Waals surface area (Å²) in [5, 5.41) is 3.59. The van der Waals surface area contributed by atoms with Gasteiger partial charge in [-0.25, -0.2) is 0 Å². The predicted octanol–water partition coefficient (Wildman–Crippen LogP) is 3.66. The van der Waals surface area contributed by atoms with E-state index < -0.39 is 0 Å². The number of nitrogen functional groups attached to an aromatic ring is 1. The average molecular weight is 248 g/mol. The second-order valence-electron chi connectivity index (χ2n) is 6.10. The Labute approximate surface area is 110 Å². The van der Waals surface area contributed by atoms with Crippen LogP contribution < -0.4 is 15.8 Å². The number of methoxy groups -OCH3 is 1. The monoisotopic (exact) mass is 248 g/mol. The molecule has 18 heavy (non-hydrogen) atoms. The van der Waals surface area contributed by atoms with Crippen LogP contribution in [0.1, 0.15) is 39.5 Å². The summed E-state index contributed by atoms with van der Waals surface area (Å²) in [4.78, 5) is 0. The Bertz CT molecular complexity index is 415. The highest BCUT2D eigenvalue weighted by molar-refractivity contribution is 5.59. The summed E-state index contributed by atoms with van der Waals surface area (Å²) in [7, 11) is 1.67. The molecule has 1 aromatic rings. The summed E-state index contributed by atoms with van der Waals surface area (Å²) < 4.78 is 5.25. The molecular weight excluding hydrogens is 224 g/mol. The molecule has 1 aliphatic carbocycles. The van der Waals surface area contributed by atoms with Crippen LogP contribution in [0.5, 0.6) is 5.75 Å². The maximum atomic E-state index is 5.87. The molecule has 1 saturated carbocycles. The first kappa shape index (κ1) is 13.1. The molecule has 0 spiro atoms. The second-order valence-corrected chi connectivity index (χ2v) is 6.10. The Hall–Kier alpha value is -1.38. The first-order valence-corrected chi connectivity index (χ1v) is 6.70. The van der Waals surface area contributed by atoms with Gasteiger partial charge in [-0.1, -0.05) is 20.3 Å². The van der Waals surface area contributed by atoms with E-state index in [0.717, 1.165) is 17.1 Å². The van der Waals surface area contributed by atoms with Crippen molar-refractivity contribution < 1.29 is 4.74 Å². The number of hydrogen-bond acceptors (Lipinski definition) is 3. The van der Waals surface area contributed by atoms with Crippen molar-refractivity contribution in [1.29, 1.82) is 0 Å². The Kier molecular flexibility index (Phi) is 3.69. The second kappa shape index (κ2) is 5.09. The molecule has 1 atom stereocenters. The van der Waals surface area contributed by atoms with E-state index in [2.05, 4.69) is 19.2 Å². The quantitative estimate of drug-likeness (QED) is 0.802. The first-order valence-electron chi connectivity index (χ1n) is 6.70. The van der Waals surface area contributed by atoms with E-state index in [1.54, 1.807) is 7.11 Å². The van der Waals surface area contributed by atoms with Crippen LogP contribution in [0.25, 0.3) is 0 Å². The van der Waals surface area contributed by atoms with Crippen LogP contribution in [0.2, 0.25) is 0 Å². The van der Waals surface area contributed by atoms with E-state index in [-0.39, 0.29) is 0 Å². The zero-order valence-corrected chi connectivity index (χ0v) is 11.6. The first-order chi connectivity index (χ1) is 8.48. The van der Waals surface area contributed by atoms with Crippen LogP contribution in [0, 0.1) is 5.41 Å². The number of benzene rings is 1. The molecule has 3 heteroatoms. The molecule has 1 unspecified atom stereocenters. The maximum absolute atomic E-state index is 5.87. The summed E-state index contributed by atoms with van der Waals surface area (Å²) in [5.74, 6) is 0.813. The fraction of sp³-hybridized carbons (Fsp3) is 0.600. The molecule has 0 saturated heterocycles. The van der Waals surface area contributed by atoms with Gasteiger partial charge in [0.25, 0.3) is 0 Å². The van der Waals surface area contributed by atoms with Crippen molar-refractivity contribution in [3.63, 3.8) is 0 Å². The summed E-state index contributed by atoms with van der Waals surface area (Å²) in [5.41, 5.74) is 8.13. The summed E-state index contributed by atoms with van der Waals surface area (Å²) in [6.07, 6.45) is 5.07. The molecule has 100 valence electrons. The van der Waals surface area contributed by atoms with E-state index >= 15 is 0 Å². The van der Waals surface area contributed by atoms with E-state index in [9.17, 15) is 0 Å². The molecule has 3 nitrogen and oxygen atoms in total. The minimum absolute atomic E-state index is 0.445. The standard InChI is InChI=1S/C15H24N2O/c1-15(2)6-4-5-12(10-15)17-13-7-11(16)8-14(9-13)18-3/h7-9,12,17H,4-6,10,16H2,1-3H3. The smallest absolute Gasteiger partial charge is 0.122 e. The van der Waals surface area contributed by atoms with Gasteiger partial charge in [-0.2, -0.15) is 0 Å². The lowest BCUT2D eigenvalue weighted by atomic mass is 9.75. The van der Waals surface area contributed by atoms with Gasteiger partial charge in [-0.3, -0.25) is 0 Å². The molecule has 1 aliphatic rings. The zero-order valence-electron chi connectivity index (χ0n) is 11.6. The van der Waals surface area contributed by atoms with E-state index in [1.807, 2.05) is 18.2 Å². The van der Waals surface area contributed by atoms with Crippen molar-refractivity contribution in [2.75, 3.05) is 18.2 Å². The number of nitrogens with one attached hydrogen (secondary N) is 1. The van der Waals surface area contributed by atoms with Gasteiger partial charge < -0.3 is 15.8 Å². The average Bonchev–Trinajstić information content (AvgIpc) is 2.26. The van der Waals surface area contributed by atoms with Gasteiger partial charge in [0.1, 0.15) is 5.75 Å². The lowest BCUT2D eigenvalue weighted by Crippen LogP contribution is -2.31. The maximum Gasteiger partial charge on any atom is 0.122 e. The highest BCUT2D eigenvalue weighted by Gasteiger charge is 2.27. The van der Waals surface area contributed by atoms with E-state index in [0.29, 0.717) is 11.5 Å². The Morgan fingerprint density at radius 1 is 1.33 bits per heavy atom. The molecule has 0 amide bonds. The number of rotatable bonds is 3. The van der Waals surface area contributed by atoms with Crippen molar-refractivity contribution in [3.05, 3.63) is 18.2 Å². The lowest BCUT2D eigenvalue weighted by Gasteiger charge is -2.36. The molecular formula is C15H24N2O. The third-order valence-corrected chi connectivity index (χ3v) is 3.74. The lowest BCUT2D eigenvalue weighted by molar-refractivity contribution is 0.229. The predicted molar refractivity (Wildman–Crippen MR) is 77.1 cm³/mol. The number of ether oxygens (including phenoxy) is 1. The van der Waals surface area contributed by atoms with Gasteiger partial charge in [0.2, 0.25) is 0 Å². The van der Waals surface area contributed by atoms with Gasteiger partial charge in [-0.05, 0) is 30.7 Å². The zero-order chi connectivity index (χ0) is 13.2. The fourth-order valence-corrected chi connectivity index (χ4v) is 2.88. The molecule has 1 fully saturated rings. The van der Waals surface area contributed by atoms with Crippen molar-refractivity contribution in [1.82, 2.24) is 0 Å². The summed E-state index contributed by atoms with van der Waals surface area (Å²) in [6.45, 7) is 4.70. The third kappa shape index (κ3) is 3.31. The van der Waals surface area contributed by atoms with Crippen molar-refractivity contribution in [2.45, 2.75) is 45.6 Å². The van der Waals surface area contributed by atoms with Crippen molar-refractivity contribution in [3.8, 4) is 5.75 Å². The Morgan fingerprint density at radius 3 is 2.78 bits per heavy atom. The van der Waals surface area contributed by atoms with Crippen molar-refractivity contribution in [2.24, 2.45) is 5.41 Å². The Balaban J connectivity index is 2.07. The number of hydrogen-bond donors (Lipinski definition) is 2. The molecule has 0 bridgehead atoms. The minimum atomic E-state index is 0.445. The summed E-state index contributed by atoms with van der Waals surface area (Å²) in [6, 6.07) is 6.37. The molecule has 0 heterocycles. The van der Waals surface area contributed by atoms with Crippen LogP contribution in [0.3, 0.4) is 0 Å². The highest BCUT2D eigenvalue weighted by Crippen LogP contribution is 2.36. The van der Waals surface area contributed by atoms with Crippen LogP contribution in [0.4, 0.5) is 11.4 Å². The highest BCUT2D eigenvalue weighted by atomic mass is 16.5. The fourth-order valence-electron chi connectivity index (χ4n) is 2.88. The molecule has 3 N–H and O–H groups in total. The van der Waals surface area contributed by atoms with Crippen LogP contribution in [-0.2, 0) is 0 Å². The van der Waals surface area contributed by atoms with Gasteiger partial charge in [-0.15, -0.1) is 0 Å². The molecule has 1 aromatic carbocycles. The minimum Gasteiger partial charge on any atom is -0.497 e. The largest absolute Gasteiger partial charge is 0.497 e. The number of anilines is 2. The third-order valence-electron chi connectivity index (χ3n) is 3.74. The molecule has 0 aromatic heterocycles. The topological polar surface area (TPSA) is 47.3 Å². The molecule has 2 rings (SSSR count). The van der Waals surface area contributed by atoms with Crippen molar-refractivity contribution >= 4 is 11.4 Å². The van der Waals surface area contributed by atoms with Gasteiger partial charge in [0.15, 0.2) is 0 Å². The van der Waals surface area contributed by atoms with Gasteiger partial charge in [0.05, 0.1) is 7.11 Å². The van der Waals surface area contributed by atoms with Crippen LogP contribution >= 0.6 is 0 Å². The van der Waals surface area contributed by atoms with Gasteiger partial charge >= 0.3 is 0 Å². The number of nitrogens with two attached hydrogens (primary N) is 1. The van der Waals surface area contributed by atoms with Gasteiger partial charge in [0, 0.05) is 29.5 Å². The van der Waals surface area contributed by atoms with E-state index in [1.165, 1.54) is 25.7 Å². The van der Waals surface area contributed by atoms with Crippen LogP contribution in [-0.4, -0.2) is 13.2 Å².